The molecule has 0 heterocycles. The highest BCUT2D eigenvalue weighted by Crippen LogP contribution is 2.03. The molecule has 0 amide bonds. The van der Waals surface area contributed by atoms with E-state index >= 15 is 0 Å². The predicted octanol–water partition coefficient (Wildman–Crippen LogP) is 1.14. The van der Waals surface area contributed by atoms with E-state index in [-0.39, 0.29) is 0 Å². The van der Waals surface area contributed by atoms with Crippen LogP contribution >= 0.6 is 0 Å². The number of alkyl halides is 1. The number of Topliss-reactive ketones (excluding diaryl/α,β-unsaturated/α-hetero) is 2. The standard InChI is InChI=1S/C7H11FO2/c1-4(2)7(10)6(8)5(3)9/h4,6H,1-3H3. The lowest BCUT2D eigenvalue weighted by atomic mass is 10.0. The fourth-order valence-electron chi connectivity index (χ4n) is 0.493. The minimum atomic E-state index is -1.92. The number of hydrogen-bond donors (Lipinski definition) is 0. The van der Waals surface area contributed by atoms with Crippen molar-refractivity contribution in [3.05, 3.63) is 0 Å². The minimum absolute atomic E-state index is 0.404. The fraction of sp³-hybridized carbons (Fsp3) is 0.714. The zero-order chi connectivity index (χ0) is 8.31. The van der Waals surface area contributed by atoms with E-state index in [2.05, 4.69) is 0 Å². The van der Waals surface area contributed by atoms with Gasteiger partial charge < -0.3 is 0 Å². The number of carbonyl (C=O) groups excluding carboxylic acids is 2. The van der Waals surface area contributed by atoms with Crippen LogP contribution in [0, 0.1) is 5.92 Å². The van der Waals surface area contributed by atoms with E-state index in [0.717, 1.165) is 6.92 Å². The Hall–Kier alpha value is -0.730. The maximum absolute atomic E-state index is 12.5. The topological polar surface area (TPSA) is 34.1 Å². The van der Waals surface area contributed by atoms with Crippen molar-refractivity contribution >= 4 is 11.6 Å². The van der Waals surface area contributed by atoms with Crippen LogP contribution in [-0.4, -0.2) is 17.7 Å². The molecule has 0 N–H and O–H groups in total. The van der Waals surface area contributed by atoms with Crippen LogP contribution in [0.25, 0.3) is 0 Å². The second-order valence-corrected chi connectivity index (χ2v) is 2.53. The van der Waals surface area contributed by atoms with Crippen LogP contribution in [0.4, 0.5) is 4.39 Å². The molecule has 1 atom stereocenters. The van der Waals surface area contributed by atoms with Gasteiger partial charge in [0.25, 0.3) is 0 Å². The molecule has 0 aromatic rings. The molecular weight excluding hydrogens is 135 g/mol. The molecule has 0 spiro atoms. The second kappa shape index (κ2) is 3.44. The van der Waals surface area contributed by atoms with Crippen molar-refractivity contribution in [2.45, 2.75) is 26.9 Å². The molecule has 1 unspecified atom stereocenters. The Balaban J connectivity index is 4.08. The number of hydrogen-bond acceptors (Lipinski definition) is 2. The normalized spacial score (nSPS) is 13.3. The molecule has 0 saturated carbocycles. The van der Waals surface area contributed by atoms with Crippen molar-refractivity contribution in [3.8, 4) is 0 Å². The molecule has 0 radical (unpaired) electrons. The first-order valence-corrected chi connectivity index (χ1v) is 3.15. The summed E-state index contributed by atoms with van der Waals surface area (Å²) in [5.41, 5.74) is 0. The average Bonchev–Trinajstić information content (AvgIpc) is 1.84. The predicted molar refractivity (Wildman–Crippen MR) is 35.4 cm³/mol. The highest BCUT2D eigenvalue weighted by molar-refractivity contribution is 6.04. The Morgan fingerprint density at radius 1 is 1.30 bits per heavy atom. The first-order valence-electron chi connectivity index (χ1n) is 3.15. The first-order chi connectivity index (χ1) is 4.46. The number of carbonyl (C=O) groups is 2. The van der Waals surface area contributed by atoms with E-state index in [0.29, 0.717) is 0 Å². The van der Waals surface area contributed by atoms with Gasteiger partial charge in [-0.2, -0.15) is 0 Å². The summed E-state index contributed by atoms with van der Waals surface area (Å²) in [5, 5.41) is 0. The van der Waals surface area contributed by atoms with Gasteiger partial charge in [-0.3, -0.25) is 9.59 Å². The van der Waals surface area contributed by atoms with Crippen LogP contribution in [0.1, 0.15) is 20.8 Å². The van der Waals surface area contributed by atoms with Crippen LogP contribution in [0.3, 0.4) is 0 Å². The molecule has 3 heteroatoms. The summed E-state index contributed by atoms with van der Waals surface area (Å²) in [7, 11) is 0. The van der Waals surface area contributed by atoms with Crippen molar-refractivity contribution in [1.29, 1.82) is 0 Å². The van der Waals surface area contributed by atoms with Gasteiger partial charge in [-0.05, 0) is 6.92 Å². The summed E-state index contributed by atoms with van der Waals surface area (Å²) in [6.07, 6.45) is -1.92. The van der Waals surface area contributed by atoms with Crippen LogP contribution in [0.15, 0.2) is 0 Å². The van der Waals surface area contributed by atoms with Crippen molar-refractivity contribution < 1.29 is 14.0 Å². The third kappa shape index (κ3) is 2.25. The van der Waals surface area contributed by atoms with Gasteiger partial charge in [0.2, 0.25) is 6.17 Å². The molecule has 0 fully saturated rings. The van der Waals surface area contributed by atoms with Gasteiger partial charge in [-0.15, -0.1) is 0 Å². The molecular formula is C7H11FO2. The monoisotopic (exact) mass is 146 g/mol. The Morgan fingerprint density at radius 2 is 1.70 bits per heavy atom. The average molecular weight is 146 g/mol. The van der Waals surface area contributed by atoms with Gasteiger partial charge in [0.1, 0.15) is 0 Å². The van der Waals surface area contributed by atoms with Crippen LogP contribution < -0.4 is 0 Å². The molecule has 0 aliphatic rings. The smallest absolute Gasteiger partial charge is 0.216 e. The van der Waals surface area contributed by atoms with E-state index in [4.69, 9.17) is 0 Å². The second-order valence-electron chi connectivity index (χ2n) is 2.53. The lowest BCUT2D eigenvalue weighted by Gasteiger charge is -2.04. The van der Waals surface area contributed by atoms with Crippen molar-refractivity contribution in [2.75, 3.05) is 0 Å². The number of rotatable bonds is 3. The summed E-state index contributed by atoms with van der Waals surface area (Å²) in [5.74, 6) is -1.75. The first kappa shape index (κ1) is 9.27. The van der Waals surface area contributed by atoms with Crippen LogP contribution in [0.2, 0.25) is 0 Å². The third-order valence-corrected chi connectivity index (χ3v) is 1.18. The largest absolute Gasteiger partial charge is 0.296 e. The molecule has 0 saturated heterocycles. The molecule has 10 heavy (non-hydrogen) atoms. The van der Waals surface area contributed by atoms with Gasteiger partial charge in [0.05, 0.1) is 0 Å². The van der Waals surface area contributed by atoms with E-state index in [1.165, 1.54) is 0 Å². The zero-order valence-corrected chi connectivity index (χ0v) is 6.35. The van der Waals surface area contributed by atoms with Gasteiger partial charge in [0.15, 0.2) is 11.6 Å². The summed E-state index contributed by atoms with van der Waals surface area (Å²) < 4.78 is 12.5. The Labute approximate surface area is 59.4 Å². The molecule has 0 rings (SSSR count). The SMILES string of the molecule is CC(=O)C(F)C(=O)C(C)C. The van der Waals surface area contributed by atoms with Gasteiger partial charge in [-0.1, -0.05) is 13.8 Å². The van der Waals surface area contributed by atoms with E-state index in [9.17, 15) is 14.0 Å². The lowest BCUT2D eigenvalue weighted by Crippen LogP contribution is -2.27. The minimum Gasteiger partial charge on any atom is -0.296 e. The molecule has 0 aliphatic heterocycles. The molecule has 0 aromatic heterocycles. The van der Waals surface area contributed by atoms with E-state index in [1.807, 2.05) is 0 Å². The van der Waals surface area contributed by atoms with Crippen molar-refractivity contribution in [3.63, 3.8) is 0 Å². The van der Waals surface area contributed by atoms with Gasteiger partial charge in [0, 0.05) is 5.92 Å². The third-order valence-electron chi connectivity index (χ3n) is 1.18. The van der Waals surface area contributed by atoms with E-state index in [1.54, 1.807) is 13.8 Å². The molecule has 2 nitrogen and oxygen atoms in total. The Bertz CT molecular complexity index is 152. The number of halogens is 1. The van der Waals surface area contributed by atoms with Crippen molar-refractivity contribution in [1.82, 2.24) is 0 Å². The summed E-state index contributed by atoms with van der Waals surface area (Å²) >= 11 is 0. The van der Waals surface area contributed by atoms with Crippen LogP contribution in [-0.2, 0) is 9.59 Å². The van der Waals surface area contributed by atoms with Crippen LogP contribution in [0.5, 0.6) is 0 Å². The maximum atomic E-state index is 12.5. The zero-order valence-electron chi connectivity index (χ0n) is 6.35. The Morgan fingerprint density at radius 3 is 1.80 bits per heavy atom. The maximum Gasteiger partial charge on any atom is 0.216 e. The molecule has 58 valence electrons. The summed E-state index contributed by atoms with van der Waals surface area (Å²) in [6.45, 7) is 4.21. The molecule has 0 aromatic carbocycles. The fourth-order valence-corrected chi connectivity index (χ4v) is 0.493. The number of ketones is 2. The summed E-state index contributed by atoms with van der Waals surface area (Å²) in [6, 6.07) is 0. The van der Waals surface area contributed by atoms with Gasteiger partial charge in [-0.25, -0.2) is 4.39 Å². The Kier molecular flexibility index (Phi) is 3.19. The molecule has 0 aliphatic carbocycles. The quantitative estimate of drug-likeness (QED) is 0.559. The summed E-state index contributed by atoms with van der Waals surface area (Å²) in [4.78, 5) is 21.0. The highest BCUT2D eigenvalue weighted by Gasteiger charge is 2.24. The molecule has 0 bridgehead atoms. The van der Waals surface area contributed by atoms with E-state index < -0.39 is 23.7 Å². The highest BCUT2D eigenvalue weighted by atomic mass is 19.1. The lowest BCUT2D eigenvalue weighted by molar-refractivity contribution is -0.134. The van der Waals surface area contributed by atoms with Gasteiger partial charge >= 0.3 is 0 Å². The van der Waals surface area contributed by atoms with Crippen molar-refractivity contribution in [2.24, 2.45) is 5.92 Å².